The largest absolute Gasteiger partial charge is 0.461 e. The van der Waals surface area contributed by atoms with Crippen molar-refractivity contribution in [2.45, 2.75) is 6.92 Å². The van der Waals surface area contributed by atoms with Gasteiger partial charge in [-0.2, -0.15) is 0 Å². The van der Waals surface area contributed by atoms with Gasteiger partial charge in [0.25, 0.3) is 0 Å². The third kappa shape index (κ3) is 1.29. The van der Waals surface area contributed by atoms with Gasteiger partial charge < -0.3 is 9.30 Å². The molecule has 4 nitrogen and oxygen atoms in total. The van der Waals surface area contributed by atoms with E-state index in [4.69, 9.17) is 4.74 Å². The Kier molecular flexibility index (Phi) is 2.25. The van der Waals surface area contributed by atoms with Crippen LogP contribution >= 0.6 is 11.3 Å². The highest BCUT2D eigenvalue weighted by molar-refractivity contribution is 7.16. The van der Waals surface area contributed by atoms with E-state index in [1.54, 1.807) is 18.5 Å². The summed E-state index contributed by atoms with van der Waals surface area (Å²) in [6.45, 7) is 2.19. The van der Waals surface area contributed by atoms with Crippen molar-refractivity contribution in [3.8, 4) is 0 Å². The Bertz CT molecular complexity index is 472. The van der Waals surface area contributed by atoms with Gasteiger partial charge in [-0.15, -0.1) is 11.3 Å². The van der Waals surface area contributed by atoms with E-state index < -0.39 is 0 Å². The van der Waals surface area contributed by atoms with Crippen molar-refractivity contribution in [3.05, 3.63) is 17.3 Å². The summed E-state index contributed by atoms with van der Waals surface area (Å²) in [7, 11) is 1.84. The fourth-order valence-electron chi connectivity index (χ4n) is 1.34. The number of ether oxygens (including phenoxy) is 1. The highest BCUT2D eigenvalue weighted by Gasteiger charge is 2.15. The second kappa shape index (κ2) is 3.42. The van der Waals surface area contributed by atoms with Crippen LogP contribution in [0.3, 0.4) is 0 Å². The molecule has 0 aliphatic carbocycles. The first-order chi connectivity index (χ1) is 6.74. The van der Waals surface area contributed by atoms with Crippen LogP contribution in [0, 0.1) is 0 Å². The zero-order chi connectivity index (χ0) is 10.1. The van der Waals surface area contributed by atoms with Gasteiger partial charge in [0.05, 0.1) is 12.1 Å². The van der Waals surface area contributed by atoms with Gasteiger partial charge in [-0.05, 0) is 13.0 Å². The van der Waals surface area contributed by atoms with Crippen molar-refractivity contribution in [2.75, 3.05) is 6.61 Å². The van der Waals surface area contributed by atoms with Gasteiger partial charge in [-0.1, -0.05) is 0 Å². The van der Waals surface area contributed by atoms with Crippen molar-refractivity contribution >= 4 is 27.7 Å². The van der Waals surface area contributed by atoms with Gasteiger partial charge >= 0.3 is 5.97 Å². The first-order valence-electron chi connectivity index (χ1n) is 4.30. The summed E-state index contributed by atoms with van der Waals surface area (Å²) in [5, 5.41) is 0. The van der Waals surface area contributed by atoms with Gasteiger partial charge in [0.15, 0.2) is 0 Å². The van der Waals surface area contributed by atoms with E-state index in [-0.39, 0.29) is 5.97 Å². The van der Waals surface area contributed by atoms with Crippen LogP contribution in [0.4, 0.5) is 0 Å². The molecule has 0 aromatic carbocycles. The van der Waals surface area contributed by atoms with Crippen LogP contribution in [-0.2, 0) is 11.8 Å². The molecular formula is C9H10N2O2S. The Labute approximate surface area is 85.1 Å². The molecule has 14 heavy (non-hydrogen) atoms. The second-order valence-corrected chi connectivity index (χ2v) is 3.69. The van der Waals surface area contributed by atoms with Crippen LogP contribution < -0.4 is 0 Å². The molecular weight excluding hydrogens is 200 g/mol. The lowest BCUT2D eigenvalue weighted by Gasteiger charge is -2.02. The number of aromatic nitrogens is 2. The van der Waals surface area contributed by atoms with E-state index in [1.807, 2.05) is 11.6 Å². The molecule has 2 aromatic heterocycles. The maximum absolute atomic E-state index is 11.5. The summed E-state index contributed by atoms with van der Waals surface area (Å²) in [4.78, 5) is 16.6. The molecule has 2 heterocycles. The molecule has 0 atom stereocenters. The molecule has 0 fully saturated rings. The van der Waals surface area contributed by atoms with Gasteiger partial charge in [0, 0.05) is 7.05 Å². The number of fused-ring (bicyclic) bond motifs is 1. The van der Waals surface area contributed by atoms with Crippen molar-refractivity contribution < 1.29 is 9.53 Å². The molecule has 2 rings (SSSR count). The minimum atomic E-state index is -0.291. The Morgan fingerprint density at radius 1 is 1.71 bits per heavy atom. The van der Waals surface area contributed by atoms with Crippen LogP contribution in [0.1, 0.15) is 17.4 Å². The molecule has 0 N–H and O–H groups in total. The maximum Gasteiger partial charge on any atom is 0.355 e. The highest BCUT2D eigenvalue weighted by Crippen LogP contribution is 2.21. The molecule has 5 heteroatoms. The minimum Gasteiger partial charge on any atom is -0.461 e. The van der Waals surface area contributed by atoms with Gasteiger partial charge in [0.1, 0.15) is 16.0 Å². The van der Waals surface area contributed by atoms with Gasteiger partial charge in [0.2, 0.25) is 0 Å². The Balaban J connectivity index is 2.47. The molecule has 0 amide bonds. The highest BCUT2D eigenvalue weighted by atomic mass is 32.1. The zero-order valence-electron chi connectivity index (χ0n) is 7.98. The van der Waals surface area contributed by atoms with Crippen LogP contribution in [0.2, 0.25) is 0 Å². The summed E-state index contributed by atoms with van der Waals surface area (Å²) in [5.74, 6) is -0.291. The fraction of sp³-hybridized carbons (Fsp3) is 0.333. The van der Waals surface area contributed by atoms with Crippen LogP contribution in [0.15, 0.2) is 11.6 Å². The minimum absolute atomic E-state index is 0.291. The molecule has 0 aliphatic heterocycles. The quantitative estimate of drug-likeness (QED) is 0.710. The lowest BCUT2D eigenvalue weighted by atomic mass is 10.4. The summed E-state index contributed by atoms with van der Waals surface area (Å²) in [6.07, 6.45) is 0. The first kappa shape index (κ1) is 9.21. The van der Waals surface area contributed by atoms with E-state index in [2.05, 4.69) is 4.98 Å². The summed E-state index contributed by atoms with van der Waals surface area (Å²) in [6, 6.07) is 1.75. The number of hydrogen-bond acceptors (Lipinski definition) is 4. The first-order valence-corrected chi connectivity index (χ1v) is 5.18. The Hall–Kier alpha value is -1.36. The number of nitrogens with zero attached hydrogens (tertiary/aromatic N) is 2. The standard InChI is InChI=1S/C9H10N2O2S/c1-3-13-9(12)7-4-6-8(11(7)2)14-5-10-6/h4-5H,3H2,1-2H3. The van der Waals surface area contributed by atoms with Crippen LogP contribution in [-0.4, -0.2) is 22.1 Å². The smallest absolute Gasteiger partial charge is 0.355 e. The number of carbonyl (C=O) groups excluding carboxylic acids is 1. The lowest BCUT2D eigenvalue weighted by Crippen LogP contribution is -2.09. The van der Waals surface area contributed by atoms with E-state index >= 15 is 0 Å². The summed E-state index contributed by atoms with van der Waals surface area (Å²) < 4.78 is 6.74. The number of carbonyl (C=O) groups is 1. The SMILES string of the molecule is CCOC(=O)c1cc2ncsc2n1C. The zero-order valence-corrected chi connectivity index (χ0v) is 8.80. The molecule has 74 valence electrons. The Morgan fingerprint density at radius 3 is 3.14 bits per heavy atom. The summed E-state index contributed by atoms with van der Waals surface area (Å²) in [5.41, 5.74) is 3.17. The van der Waals surface area contributed by atoms with Crippen LogP contribution in [0.5, 0.6) is 0 Å². The number of thiazole rings is 1. The van der Waals surface area contributed by atoms with E-state index in [1.165, 1.54) is 11.3 Å². The van der Waals surface area contributed by atoms with Crippen molar-refractivity contribution in [2.24, 2.45) is 7.05 Å². The fourth-order valence-corrected chi connectivity index (χ4v) is 2.09. The number of aryl methyl sites for hydroxylation is 1. The molecule has 0 saturated heterocycles. The second-order valence-electron chi connectivity index (χ2n) is 2.85. The van der Waals surface area contributed by atoms with Gasteiger partial charge in [-0.3, -0.25) is 0 Å². The van der Waals surface area contributed by atoms with E-state index in [0.717, 1.165) is 10.3 Å². The van der Waals surface area contributed by atoms with Crippen LogP contribution in [0.25, 0.3) is 10.3 Å². The van der Waals surface area contributed by atoms with Gasteiger partial charge in [-0.25, -0.2) is 9.78 Å². The average molecular weight is 210 g/mol. The molecule has 0 unspecified atom stereocenters. The normalized spacial score (nSPS) is 10.7. The van der Waals surface area contributed by atoms with Crippen molar-refractivity contribution in [3.63, 3.8) is 0 Å². The summed E-state index contributed by atoms with van der Waals surface area (Å²) >= 11 is 1.51. The van der Waals surface area contributed by atoms with E-state index in [9.17, 15) is 4.79 Å². The molecule has 0 saturated carbocycles. The molecule has 0 aliphatic rings. The van der Waals surface area contributed by atoms with E-state index in [0.29, 0.717) is 12.3 Å². The van der Waals surface area contributed by atoms with Crippen molar-refractivity contribution in [1.82, 2.24) is 9.55 Å². The average Bonchev–Trinajstić information content (AvgIpc) is 2.69. The molecule has 0 bridgehead atoms. The third-order valence-corrected chi connectivity index (χ3v) is 2.92. The maximum atomic E-state index is 11.5. The Morgan fingerprint density at radius 2 is 2.50 bits per heavy atom. The molecule has 0 spiro atoms. The predicted molar refractivity (Wildman–Crippen MR) is 54.5 cm³/mol. The topological polar surface area (TPSA) is 44.1 Å². The predicted octanol–water partition coefficient (Wildman–Crippen LogP) is 1.81. The third-order valence-electron chi connectivity index (χ3n) is 2.00. The number of esters is 1. The number of rotatable bonds is 2. The monoisotopic (exact) mass is 210 g/mol. The van der Waals surface area contributed by atoms with Crippen molar-refractivity contribution in [1.29, 1.82) is 0 Å². The number of hydrogen-bond donors (Lipinski definition) is 0. The lowest BCUT2D eigenvalue weighted by molar-refractivity contribution is 0.0516. The molecule has 0 radical (unpaired) electrons. The molecule has 2 aromatic rings.